The van der Waals surface area contributed by atoms with Crippen molar-refractivity contribution in [3.8, 4) is 5.75 Å². The molecule has 0 aliphatic carbocycles. The summed E-state index contributed by atoms with van der Waals surface area (Å²) in [6, 6.07) is 6.65. The van der Waals surface area contributed by atoms with E-state index >= 15 is 0 Å². The average molecular weight is 266 g/mol. The number of rotatable bonds is 8. The highest BCUT2D eigenvalue weighted by Gasteiger charge is 2.10. The molecule has 0 fully saturated rings. The second-order valence-electron chi connectivity index (χ2n) is 4.82. The van der Waals surface area contributed by atoms with Crippen LogP contribution in [0.4, 0.5) is 0 Å². The average Bonchev–Trinajstić information content (AvgIpc) is 2.38. The lowest BCUT2D eigenvalue weighted by molar-refractivity contribution is 0.0291. The van der Waals surface area contributed by atoms with Crippen LogP contribution in [-0.4, -0.2) is 30.4 Å². The minimum absolute atomic E-state index is 0.193. The largest absolute Gasteiger partial charge is 0.493 e. The van der Waals surface area contributed by atoms with Crippen molar-refractivity contribution >= 4 is 5.97 Å². The van der Waals surface area contributed by atoms with Gasteiger partial charge in [0.05, 0.1) is 19.3 Å². The van der Waals surface area contributed by atoms with E-state index in [4.69, 9.17) is 14.6 Å². The van der Waals surface area contributed by atoms with E-state index in [2.05, 4.69) is 13.8 Å². The lowest BCUT2D eigenvalue weighted by atomic mass is 10.1. The van der Waals surface area contributed by atoms with Crippen molar-refractivity contribution in [2.45, 2.75) is 33.3 Å². The predicted molar refractivity (Wildman–Crippen MR) is 73.8 cm³/mol. The molecule has 106 valence electrons. The van der Waals surface area contributed by atoms with E-state index in [1.165, 1.54) is 6.07 Å². The van der Waals surface area contributed by atoms with Gasteiger partial charge in [0.15, 0.2) is 0 Å². The number of hydrogen-bond donors (Lipinski definition) is 1. The minimum Gasteiger partial charge on any atom is -0.493 e. The summed E-state index contributed by atoms with van der Waals surface area (Å²) in [5.74, 6) is -0.0687. The summed E-state index contributed by atoms with van der Waals surface area (Å²) in [4.78, 5) is 11.0. The lowest BCUT2D eigenvalue weighted by Gasteiger charge is -2.16. The summed E-state index contributed by atoms with van der Waals surface area (Å²) in [7, 11) is 0. The molecule has 1 N–H and O–H groups in total. The Labute approximate surface area is 114 Å². The first-order chi connectivity index (χ1) is 9.02. The Bertz CT molecular complexity index is 401. The van der Waals surface area contributed by atoms with Crippen molar-refractivity contribution in [2.24, 2.45) is 5.92 Å². The smallest absolute Gasteiger partial charge is 0.339 e. The first-order valence-corrected chi connectivity index (χ1v) is 6.59. The van der Waals surface area contributed by atoms with Crippen molar-refractivity contribution in [1.82, 2.24) is 0 Å². The Kier molecular flexibility index (Phi) is 6.36. The minimum atomic E-state index is -0.972. The number of ether oxygens (including phenoxy) is 2. The number of carbonyl (C=O) groups is 1. The van der Waals surface area contributed by atoms with Gasteiger partial charge in [-0.1, -0.05) is 26.0 Å². The monoisotopic (exact) mass is 266 g/mol. The third-order valence-corrected chi connectivity index (χ3v) is 2.98. The van der Waals surface area contributed by atoms with E-state index in [9.17, 15) is 4.79 Å². The third-order valence-electron chi connectivity index (χ3n) is 2.98. The second-order valence-corrected chi connectivity index (χ2v) is 4.82. The number of aromatic carboxylic acids is 1. The Hall–Kier alpha value is -1.55. The normalized spacial score (nSPS) is 12.4. The fraction of sp³-hybridized carbons (Fsp3) is 0.533. The van der Waals surface area contributed by atoms with E-state index in [1.807, 2.05) is 6.92 Å². The lowest BCUT2D eigenvalue weighted by Crippen LogP contribution is -2.17. The van der Waals surface area contributed by atoms with Gasteiger partial charge in [-0.05, 0) is 25.0 Å². The van der Waals surface area contributed by atoms with Gasteiger partial charge in [-0.15, -0.1) is 0 Å². The second kappa shape index (κ2) is 7.79. The summed E-state index contributed by atoms with van der Waals surface area (Å²) in [6.45, 7) is 7.35. The Morgan fingerprint density at radius 1 is 1.21 bits per heavy atom. The highest BCUT2D eigenvalue weighted by molar-refractivity contribution is 5.90. The van der Waals surface area contributed by atoms with Crippen LogP contribution in [0, 0.1) is 5.92 Å². The van der Waals surface area contributed by atoms with Crippen LogP contribution in [0.25, 0.3) is 0 Å². The van der Waals surface area contributed by atoms with Crippen LogP contribution in [0.5, 0.6) is 5.75 Å². The van der Waals surface area contributed by atoms with Gasteiger partial charge in [0, 0.05) is 6.42 Å². The quantitative estimate of drug-likeness (QED) is 0.734. The van der Waals surface area contributed by atoms with E-state index in [0.29, 0.717) is 24.9 Å². The molecule has 1 aromatic rings. The predicted octanol–water partition coefficient (Wildman–Crippen LogP) is 3.21. The van der Waals surface area contributed by atoms with E-state index in [-0.39, 0.29) is 11.7 Å². The number of benzene rings is 1. The first-order valence-electron chi connectivity index (χ1n) is 6.59. The van der Waals surface area contributed by atoms with Crippen molar-refractivity contribution in [1.29, 1.82) is 0 Å². The standard InChI is InChI=1S/C15H22O4/c1-11(2)12(3)18-9-6-10-19-14-8-5-4-7-13(14)15(16)17/h4-5,7-8,11-12H,6,9-10H2,1-3H3,(H,16,17). The van der Waals surface area contributed by atoms with Crippen molar-refractivity contribution in [2.75, 3.05) is 13.2 Å². The molecular weight excluding hydrogens is 244 g/mol. The van der Waals surface area contributed by atoms with Crippen LogP contribution < -0.4 is 4.74 Å². The van der Waals surface area contributed by atoms with Crippen LogP contribution in [0.2, 0.25) is 0 Å². The molecule has 1 unspecified atom stereocenters. The van der Waals surface area contributed by atoms with Gasteiger partial charge in [-0.3, -0.25) is 0 Å². The van der Waals surface area contributed by atoms with E-state index < -0.39 is 5.97 Å². The van der Waals surface area contributed by atoms with Crippen LogP contribution in [0.15, 0.2) is 24.3 Å². The van der Waals surface area contributed by atoms with Crippen LogP contribution in [0.3, 0.4) is 0 Å². The molecule has 4 heteroatoms. The molecule has 0 aliphatic rings. The summed E-state index contributed by atoms with van der Waals surface area (Å²) in [5, 5.41) is 9.00. The van der Waals surface area contributed by atoms with Gasteiger partial charge in [0.2, 0.25) is 0 Å². The van der Waals surface area contributed by atoms with Crippen molar-refractivity contribution in [3.63, 3.8) is 0 Å². The van der Waals surface area contributed by atoms with Gasteiger partial charge in [-0.25, -0.2) is 4.79 Å². The molecule has 1 atom stereocenters. The van der Waals surface area contributed by atoms with Crippen LogP contribution in [0.1, 0.15) is 37.6 Å². The number of hydrogen-bond acceptors (Lipinski definition) is 3. The van der Waals surface area contributed by atoms with Gasteiger partial charge in [-0.2, -0.15) is 0 Å². The molecule has 0 aliphatic heterocycles. The number of carboxylic acid groups (broad SMARTS) is 1. The van der Waals surface area contributed by atoms with Crippen molar-refractivity contribution in [3.05, 3.63) is 29.8 Å². The van der Waals surface area contributed by atoms with Crippen LogP contribution >= 0.6 is 0 Å². The molecule has 1 rings (SSSR count). The summed E-state index contributed by atoms with van der Waals surface area (Å²) >= 11 is 0. The van der Waals surface area contributed by atoms with E-state index in [1.54, 1.807) is 18.2 Å². The molecule has 4 nitrogen and oxygen atoms in total. The highest BCUT2D eigenvalue weighted by atomic mass is 16.5. The summed E-state index contributed by atoms with van der Waals surface area (Å²) in [6.07, 6.45) is 0.969. The molecule has 19 heavy (non-hydrogen) atoms. The van der Waals surface area contributed by atoms with Gasteiger partial charge in [0.1, 0.15) is 11.3 Å². The molecular formula is C15H22O4. The Balaban J connectivity index is 2.32. The maximum atomic E-state index is 11.0. The zero-order valence-electron chi connectivity index (χ0n) is 11.8. The van der Waals surface area contributed by atoms with E-state index in [0.717, 1.165) is 6.42 Å². The SMILES string of the molecule is CC(C)C(C)OCCCOc1ccccc1C(=O)O. The maximum Gasteiger partial charge on any atom is 0.339 e. The zero-order chi connectivity index (χ0) is 14.3. The van der Waals surface area contributed by atoms with Crippen molar-refractivity contribution < 1.29 is 19.4 Å². The molecule has 0 heterocycles. The third kappa shape index (κ3) is 5.30. The van der Waals surface area contributed by atoms with Gasteiger partial charge >= 0.3 is 5.97 Å². The molecule has 0 bridgehead atoms. The van der Waals surface area contributed by atoms with Gasteiger partial charge in [0.25, 0.3) is 0 Å². The molecule has 0 spiro atoms. The summed E-state index contributed by atoms with van der Waals surface area (Å²) < 4.78 is 11.1. The summed E-state index contributed by atoms with van der Waals surface area (Å²) in [5.41, 5.74) is 0.193. The number of carboxylic acids is 1. The molecule has 0 aromatic heterocycles. The van der Waals surface area contributed by atoms with Crippen LogP contribution in [-0.2, 0) is 4.74 Å². The zero-order valence-corrected chi connectivity index (χ0v) is 11.8. The fourth-order valence-corrected chi connectivity index (χ4v) is 1.47. The molecule has 0 saturated heterocycles. The maximum absolute atomic E-state index is 11.0. The Morgan fingerprint density at radius 2 is 1.89 bits per heavy atom. The van der Waals surface area contributed by atoms with Gasteiger partial charge < -0.3 is 14.6 Å². The fourth-order valence-electron chi connectivity index (χ4n) is 1.47. The highest BCUT2D eigenvalue weighted by Crippen LogP contribution is 2.17. The Morgan fingerprint density at radius 3 is 2.53 bits per heavy atom. The first kappa shape index (κ1) is 15.5. The molecule has 1 aromatic carbocycles. The topological polar surface area (TPSA) is 55.8 Å². The molecule has 0 amide bonds. The molecule has 0 saturated carbocycles. The number of para-hydroxylation sites is 1. The molecule has 0 radical (unpaired) electrons.